The minimum absolute atomic E-state index is 0.0681. The maximum atomic E-state index is 12.6. The normalized spacial score (nSPS) is 11.3. The van der Waals surface area contributed by atoms with Crippen molar-refractivity contribution in [1.29, 1.82) is 0 Å². The molecule has 2 N–H and O–H groups in total. The number of carbonyl (C=O) groups excluding carboxylic acids is 1. The predicted octanol–water partition coefficient (Wildman–Crippen LogP) is 1.85. The Morgan fingerprint density at radius 1 is 1.19 bits per heavy atom. The molecule has 0 atom stereocenters. The number of ether oxygens (including phenoxy) is 1. The van der Waals surface area contributed by atoms with Gasteiger partial charge >= 0.3 is 0 Å². The number of methoxy groups -OCH3 is 1. The number of hydrogen-bond acceptors (Lipinski definition) is 6. The Hall–Kier alpha value is -2.97. The number of rotatable bonds is 5. The maximum Gasteiger partial charge on any atom is 0.266 e. The molecular weight excluding hydrogens is 356 g/mol. The molecule has 2 aromatic carbocycles. The van der Waals surface area contributed by atoms with Crippen LogP contribution in [0, 0.1) is 0 Å². The number of amides is 1. The van der Waals surface area contributed by atoms with Gasteiger partial charge in [-0.25, -0.2) is 13.1 Å². The van der Waals surface area contributed by atoms with Crippen molar-refractivity contribution in [3.05, 3.63) is 66.0 Å². The average molecular weight is 372 g/mol. The van der Waals surface area contributed by atoms with Crippen LogP contribution in [0.5, 0.6) is 5.75 Å². The molecular formula is C18H16N2O5S. The first-order valence-electron chi connectivity index (χ1n) is 7.64. The van der Waals surface area contributed by atoms with Crippen LogP contribution >= 0.6 is 0 Å². The van der Waals surface area contributed by atoms with Crippen LogP contribution in [0.25, 0.3) is 10.8 Å². The number of pyridine rings is 1. The van der Waals surface area contributed by atoms with Gasteiger partial charge in [0.1, 0.15) is 5.75 Å². The summed E-state index contributed by atoms with van der Waals surface area (Å²) in [6.07, 6.45) is 1.21. The molecule has 0 radical (unpaired) electrons. The zero-order valence-electron chi connectivity index (χ0n) is 13.8. The van der Waals surface area contributed by atoms with Crippen molar-refractivity contribution in [2.75, 3.05) is 7.11 Å². The Morgan fingerprint density at radius 3 is 2.62 bits per heavy atom. The number of aliphatic hydroxyl groups excluding tert-OH is 1. The molecule has 0 bridgehead atoms. The minimum atomic E-state index is -4.10. The van der Waals surface area contributed by atoms with Crippen molar-refractivity contribution in [2.45, 2.75) is 11.5 Å². The lowest BCUT2D eigenvalue weighted by Gasteiger charge is -2.11. The van der Waals surface area contributed by atoms with Gasteiger partial charge in [0.05, 0.1) is 29.9 Å². The molecule has 0 fully saturated rings. The molecule has 8 heteroatoms. The summed E-state index contributed by atoms with van der Waals surface area (Å²) in [6, 6.07) is 12.9. The number of benzene rings is 2. The van der Waals surface area contributed by atoms with E-state index in [2.05, 4.69) is 4.98 Å². The summed E-state index contributed by atoms with van der Waals surface area (Å²) < 4.78 is 32.5. The number of hydrogen-bond donors (Lipinski definition) is 2. The fourth-order valence-corrected chi connectivity index (χ4v) is 3.49. The second-order valence-corrected chi connectivity index (χ2v) is 7.16. The van der Waals surface area contributed by atoms with Crippen LogP contribution in [-0.4, -0.2) is 31.5 Å². The molecule has 0 aliphatic rings. The molecule has 3 aromatic rings. The fraction of sp³-hybridized carbons (Fsp3) is 0.111. The van der Waals surface area contributed by atoms with E-state index >= 15 is 0 Å². The molecule has 26 heavy (non-hydrogen) atoms. The topological polar surface area (TPSA) is 106 Å². The van der Waals surface area contributed by atoms with Gasteiger partial charge in [0.15, 0.2) is 0 Å². The Kier molecular flexibility index (Phi) is 4.88. The van der Waals surface area contributed by atoms with Crippen LogP contribution in [0.1, 0.15) is 16.1 Å². The molecule has 7 nitrogen and oxygen atoms in total. The molecule has 1 heterocycles. The van der Waals surface area contributed by atoms with E-state index in [4.69, 9.17) is 9.84 Å². The van der Waals surface area contributed by atoms with E-state index in [9.17, 15) is 13.2 Å². The second-order valence-electron chi connectivity index (χ2n) is 5.48. The minimum Gasteiger partial charge on any atom is -0.496 e. The lowest BCUT2D eigenvalue weighted by atomic mass is 10.1. The third-order valence-electron chi connectivity index (χ3n) is 3.80. The standard InChI is InChI=1S/C18H16N2O5S/c1-25-17-9-15(8-12-4-2-3-5-16(12)17)26(23,24)20-18(22)13-6-7-14(11-21)19-10-13/h2-10,21H,11H2,1H3,(H,20,22). The first-order chi connectivity index (χ1) is 12.4. The van der Waals surface area contributed by atoms with Crippen LogP contribution in [0.3, 0.4) is 0 Å². The van der Waals surface area contributed by atoms with E-state index in [1.54, 1.807) is 12.1 Å². The van der Waals surface area contributed by atoms with E-state index < -0.39 is 15.9 Å². The number of sulfonamides is 1. The SMILES string of the molecule is COc1cc(S(=O)(=O)NC(=O)c2ccc(CO)nc2)cc2ccccc12. The average Bonchev–Trinajstić information content (AvgIpc) is 2.66. The quantitative estimate of drug-likeness (QED) is 0.708. The Balaban J connectivity index is 1.94. The molecule has 1 aromatic heterocycles. The predicted molar refractivity (Wildman–Crippen MR) is 95.3 cm³/mol. The van der Waals surface area contributed by atoms with Gasteiger partial charge in [-0.3, -0.25) is 9.78 Å². The highest BCUT2D eigenvalue weighted by Crippen LogP contribution is 2.29. The molecule has 0 aliphatic carbocycles. The van der Waals surface area contributed by atoms with E-state index in [1.165, 1.54) is 37.6 Å². The first-order valence-corrected chi connectivity index (χ1v) is 9.12. The van der Waals surface area contributed by atoms with Gasteiger partial charge in [0.2, 0.25) is 0 Å². The Bertz CT molecular complexity index is 1060. The first kappa shape index (κ1) is 17.8. The summed E-state index contributed by atoms with van der Waals surface area (Å²) in [5.74, 6) is -0.418. The van der Waals surface area contributed by atoms with Gasteiger partial charge in [0, 0.05) is 17.6 Å². The molecule has 0 saturated heterocycles. The maximum absolute atomic E-state index is 12.6. The second kappa shape index (κ2) is 7.11. The van der Waals surface area contributed by atoms with Gasteiger partial charge in [-0.15, -0.1) is 0 Å². The zero-order chi connectivity index (χ0) is 18.7. The highest BCUT2D eigenvalue weighted by Gasteiger charge is 2.21. The molecule has 0 spiro atoms. The van der Waals surface area contributed by atoms with E-state index in [0.29, 0.717) is 16.8 Å². The third-order valence-corrected chi connectivity index (χ3v) is 5.11. The summed E-state index contributed by atoms with van der Waals surface area (Å²) in [5.41, 5.74) is 0.446. The van der Waals surface area contributed by atoms with Crippen molar-refractivity contribution < 1.29 is 23.1 Å². The third kappa shape index (κ3) is 3.51. The summed E-state index contributed by atoms with van der Waals surface area (Å²) in [5, 5.41) is 10.4. The highest BCUT2D eigenvalue weighted by atomic mass is 32.2. The summed E-state index contributed by atoms with van der Waals surface area (Å²) in [7, 11) is -2.65. The molecule has 3 rings (SSSR count). The number of nitrogens with zero attached hydrogens (tertiary/aromatic N) is 1. The van der Waals surface area contributed by atoms with Gasteiger partial charge in [-0.2, -0.15) is 0 Å². The largest absolute Gasteiger partial charge is 0.496 e. The summed E-state index contributed by atoms with van der Waals surface area (Å²) in [6.45, 7) is -0.267. The van der Waals surface area contributed by atoms with E-state index in [1.807, 2.05) is 16.9 Å². The van der Waals surface area contributed by atoms with Gasteiger partial charge < -0.3 is 9.84 Å². The van der Waals surface area contributed by atoms with Crippen LogP contribution in [0.2, 0.25) is 0 Å². The van der Waals surface area contributed by atoms with E-state index in [0.717, 1.165) is 5.39 Å². The molecule has 0 aliphatic heterocycles. The van der Waals surface area contributed by atoms with Crippen molar-refractivity contribution in [3.63, 3.8) is 0 Å². The van der Waals surface area contributed by atoms with E-state index in [-0.39, 0.29) is 17.1 Å². The van der Waals surface area contributed by atoms with Crippen LogP contribution < -0.4 is 9.46 Å². The zero-order valence-corrected chi connectivity index (χ0v) is 14.7. The highest BCUT2D eigenvalue weighted by molar-refractivity contribution is 7.90. The lowest BCUT2D eigenvalue weighted by Crippen LogP contribution is -2.30. The summed E-state index contributed by atoms with van der Waals surface area (Å²) >= 11 is 0. The van der Waals surface area contributed by atoms with Crippen molar-refractivity contribution in [2.24, 2.45) is 0 Å². The van der Waals surface area contributed by atoms with Crippen molar-refractivity contribution >= 4 is 26.7 Å². The van der Waals surface area contributed by atoms with Crippen molar-refractivity contribution in [1.82, 2.24) is 9.71 Å². The number of carbonyl (C=O) groups is 1. The monoisotopic (exact) mass is 372 g/mol. The van der Waals surface area contributed by atoms with Crippen molar-refractivity contribution in [3.8, 4) is 5.75 Å². The number of fused-ring (bicyclic) bond motifs is 1. The summed E-state index contributed by atoms with van der Waals surface area (Å²) in [4.78, 5) is 16.0. The number of aromatic nitrogens is 1. The molecule has 0 saturated carbocycles. The molecule has 0 unspecified atom stereocenters. The number of aliphatic hydroxyl groups is 1. The van der Waals surface area contributed by atoms with Crippen LogP contribution in [0.15, 0.2) is 59.6 Å². The van der Waals surface area contributed by atoms with Gasteiger partial charge in [-0.1, -0.05) is 24.3 Å². The van der Waals surface area contributed by atoms with Gasteiger partial charge in [-0.05, 0) is 23.6 Å². The Morgan fingerprint density at radius 2 is 1.96 bits per heavy atom. The molecule has 1 amide bonds. The van der Waals surface area contributed by atoms with Crippen LogP contribution in [-0.2, 0) is 16.6 Å². The fourth-order valence-electron chi connectivity index (χ4n) is 2.47. The van der Waals surface area contributed by atoms with Crippen LogP contribution in [0.4, 0.5) is 0 Å². The lowest BCUT2D eigenvalue weighted by molar-refractivity contribution is 0.0981. The smallest absolute Gasteiger partial charge is 0.266 e. The van der Waals surface area contributed by atoms with Gasteiger partial charge in [0.25, 0.3) is 15.9 Å². The number of nitrogens with one attached hydrogen (secondary N) is 1. The Labute approximate surface area is 150 Å². The molecule has 134 valence electrons.